The number of benzene rings is 2. The highest BCUT2D eigenvalue weighted by molar-refractivity contribution is 14.1. The van der Waals surface area contributed by atoms with Crippen molar-refractivity contribution in [3.63, 3.8) is 0 Å². The van der Waals surface area contributed by atoms with Gasteiger partial charge in [0.2, 0.25) is 5.91 Å². The molecule has 0 bridgehead atoms. The monoisotopic (exact) mass is 496 g/mol. The second kappa shape index (κ2) is 10.9. The summed E-state index contributed by atoms with van der Waals surface area (Å²) in [4.78, 5) is 24.5. The maximum atomic E-state index is 12.2. The number of carbonyl (C=O) groups excluding carboxylic acids is 2. The summed E-state index contributed by atoms with van der Waals surface area (Å²) in [6, 6.07) is 12.6. The van der Waals surface area contributed by atoms with Crippen LogP contribution in [0.4, 0.5) is 0 Å². The predicted molar refractivity (Wildman–Crippen MR) is 117 cm³/mol. The number of rotatable bonds is 9. The lowest BCUT2D eigenvalue weighted by Crippen LogP contribution is -2.38. The Morgan fingerprint density at radius 3 is 2.39 bits per heavy atom. The average molecular weight is 496 g/mol. The van der Waals surface area contributed by atoms with Gasteiger partial charge in [-0.25, -0.2) is 0 Å². The van der Waals surface area contributed by atoms with Crippen molar-refractivity contribution in [2.24, 2.45) is 0 Å². The van der Waals surface area contributed by atoms with Gasteiger partial charge in [-0.3, -0.25) is 9.59 Å². The van der Waals surface area contributed by atoms with Gasteiger partial charge in [-0.2, -0.15) is 0 Å². The van der Waals surface area contributed by atoms with Crippen molar-refractivity contribution in [1.29, 1.82) is 0 Å². The van der Waals surface area contributed by atoms with Gasteiger partial charge in [0.1, 0.15) is 0 Å². The van der Waals surface area contributed by atoms with Crippen molar-refractivity contribution in [3.8, 4) is 11.5 Å². The normalized spacial score (nSPS) is 11.4. The van der Waals surface area contributed by atoms with Gasteiger partial charge in [0.15, 0.2) is 11.5 Å². The van der Waals surface area contributed by atoms with Crippen LogP contribution in [0.15, 0.2) is 42.5 Å². The van der Waals surface area contributed by atoms with Crippen molar-refractivity contribution in [2.75, 3.05) is 19.8 Å². The van der Waals surface area contributed by atoms with Gasteiger partial charge in [0.05, 0.1) is 31.4 Å². The molecule has 0 fully saturated rings. The number of amides is 2. The molecule has 0 aliphatic rings. The Balaban J connectivity index is 1.95. The first-order valence-electron chi connectivity index (χ1n) is 9.17. The number of nitrogens with one attached hydrogen (secondary N) is 2. The maximum absolute atomic E-state index is 12.2. The van der Waals surface area contributed by atoms with E-state index in [4.69, 9.17) is 9.47 Å². The van der Waals surface area contributed by atoms with Gasteiger partial charge in [-0.05, 0) is 73.2 Å². The van der Waals surface area contributed by atoms with Crippen LogP contribution in [0.25, 0.3) is 0 Å². The second-order valence-electron chi connectivity index (χ2n) is 6.02. The zero-order valence-corrected chi connectivity index (χ0v) is 18.4. The fourth-order valence-electron chi connectivity index (χ4n) is 2.61. The lowest BCUT2D eigenvalue weighted by molar-refractivity contribution is -0.120. The topological polar surface area (TPSA) is 76.7 Å². The lowest BCUT2D eigenvalue weighted by Gasteiger charge is -2.18. The van der Waals surface area contributed by atoms with E-state index in [0.717, 1.165) is 9.13 Å². The highest BCUT2D eigenvalue weighted by Gasteiger charge is 2.15. The average Bonchev–Trinajstić information content (AvgIpc) is 2.68. The Hall–Kier alpha value is -2.29. The summed E-state index contributed by atoms with van der Waals surface area (Å²) >= 11 is 2.09. The molecule has 0 saturated carbocycles. The molecule has 0 aliphatic carbocycles. The van der Waals surface area contributed by atoms with Crippen molar-refractivity contribution >= 4 is 34.4 Å². The van der Waals surface area contributed by atoms with Crippen molar-refractivity contribution in [2.45, 2.75) is 26.8 Å². The third kappa shape index (κ3) is 6.12. The molecule has 2 rings (SSSR count). The highest BCUT2D eigenvalue weighted by Crippen LogP contribution is 2.30. The molecule has 0 saturated heterocycles. The van der Waals surface area contributed by atoms with Crippen LogP contribution in [0.1, 0.15) is 42.7 Å². The minimum Gasteiger partial charge on any atom is -0.490 e. The molecule has 1 atom stereocenters. The summed E-state index contributed by atoms with van der Waals surface area (Å²) in [5.74, 6) is 0.789. The molecule has 2 N–H and O–H groups in total. The lowest BCUT2D eigenvalue weighted by atomic mass is 10.1. The molecule has 6 nitrogen and oxygen atoms in total. The third-order valence-corrected chi connectivity index (χ3v) is 4.91. The van der Waals surface area contributed by atoms with Gasteiger partial charge in [0, 0.05) is 3.57 Å². The standard InChI is InChI=1S/C21H25IN2O4/c1-4-27-18-11-10-15(12-19(18)28-5-2)14(3)24-20(25)13-23-21(26)16-8-6-7-9-17(16)22/h6-12,14H,4-5,13H2,1-3H3,(H,23,26)(H,24,25). The molecule has 0 spiro atoms. The maximum Gasteiger partial charge on any atom is 0.252 e. The molecule has 2 amide bonds. The van der Waals surface area contributed by atoms with Crippen LogP contribution in [0.5, 0.6) is 11.5 Å². The summed E-state index contributed by atoms with van der Waals surface area (Å²) < 4.78 is 12.0. The predicted octanol–water partition coefficient (Wildman–Crippen LogP) is 3.70. The van der Waals surface area contributed by atoms with E-state index < -0.39 is 0 Å². The Labute approximate surface area is 179 Å². The van der Waals surface area contributed by atoms with Crippen LogP contribution in [0.2, 0.25) is 0 Å². The molecule has 0 heterocycles. The van der Waals surface area contributed by atoms with Crippen LogP contribution in [0.3, 0.4) is 0 Å². The molecular weight excluding hydrogens is 471 g/mol. The summed E-state index contributed by atoms with van der Waals surface area (Å²) in [6.45, 7) is 6.68. The molecule has 0 aliphatic heterocycles. The summed E-state index contributed by atoms with van der Waals surface area (Å²) in [7, 11) is 0. The largest absolute Gasteiger partial charge is 0.490 e. The number of ether oxygens (including phenoxy) is 2. The smallest absolute Gasteiger partial charge is 0.252 e. The first kappa shape index (κ1) is 22.0. The molecule has 2 aromatic rings. The Morgan fingerprint density at radius 1 is 1.04 bits per heavy atom. The van der Waals surface area contributed by atoms with E-state index in [1.54, 1.807) is 12.1 Å². The number of halogens is 1. The van der Waals surface area contributed by atoms with E-state index >= 15 is 0 Å². The van der Waals surface area contributed by atoms with E-state index in [0.29, 0.717) is 30.3 Å². The van der Waals surface area contributed by atoms with Crippen LogP contribution in [-0.2, 0) is 4.79 Å². The van der Waals surface area contributed by atoms with E-state index in [1.807, 2.05) is 51.1 Å². The molecule has 1 unspecified atom stereocenters. The van der Waals surface area contributed by atoms with Gasteiger partial charge in [-0.1, -0.05) is 18.2 Å². The van der Waals surface area contributed by atoms with Crippen LogP contribution in [0, 0.1) is 3.57 Å². The number of hydrogen-bond acceptors (Lipinski definition) is 4. The minimum atomic E-state index is -0.271. The quantitative estimate of drug-likeness (QED) is 0.520. The first-order chi connectivity index (χ1) is 13.5. The summed E-state index contributed by atoms with van der Waals surface area (Å²) in [6.07, 6.45) is 0. The molecule has 7 heteroatoms. The third-order valence-electron chi connectivity index (χ3n) is 3.97. The fraction of sp³-hybridized carbons (Fsp3) is 0.333. The summed E-state index contributed by atoms with van der Waals surface area (Å²) in [5.41, 5.74) is 1.45. The molecular formula is C21H25IN2O4. The van der Waals surface area contributed by atoms with Crippen molar-refractivity contribution in [1.82, 2.24) is 10.6 Å². The number of hydrogen-bond donors (Lipinski definition) is 2. The van der Waals surface area contributed by atoms with E-state index in [-0.39, 0.29) is 24.4 Å². The molecule has 0 radical (unpaired) electrons. The zero-order chi connectivity index (χ0) is 20.5. The van der Waals surface area contributed by atoms with Crippen LogP contribution in [-0.4, -0.2) is 31.6 Å². The molecule has 2 aromatic carbocycles. The van der Waals surface area contributed by atoms with Gasteiger partial charge >= 0.3 is 0 Å². The van der Waals surface area contributed by atoms with E-state index in [2.05, 4.69) is 33.2 Å². The van der Waals surface area contributed by atoms with Crippen LogP contribution < -0.4 is 20.1 Å². The Morgan fingerprint density at radius 2 is 1.71 bits per heavy atom. The van der Waals surface area contributed by atoms with Crippen molar-refractivity contribution in [3.05, 3.63) is 57.2 Å². The fourth-order valence-corrected chi connectivity index (χ4v) is 3.25. The van der Waals surface area contributed by atoms with E-state index in [9.17, 15) is 9.59 Å². The van der Waals surface area contributed by atoms with Gasteiger partial charge < -0.3 is 20.1 Å². The first-order valence-corrected chi connectivity index (χ1v) is 10.3. The van der Waals surface area contributed by atoms with Gasteiger partial charge in [0.25, 0.3) is 5.91 Å². The SMILES string of the molecule is CCOc1ccc(C(C)NC(=O)CNC(=O)c2ccccc2I)cc1OCC. The Bertz CT molecular complexity index is 826. The van der Waals surface area contributed by atoms with Crippen molar-refractivity contribution < 1.29 is 19.1 Å². The van der Waals surface area contributed by atoms with E-state index in [1.165, 1.54) is 0 Å². The Kier molecular flexibility index (Phi) is 8.56. The number of carbonyl (C=O) groups is 2. The highest BCUT2D eigenvalue weighted by atomic mass is 127. The summed E-state index contributed by atoms with van der Waals surface area (Å²) in [5, 5.41) is 5.54. The molecule has 0 aromatic heterocycles. The van der Waals surface area contributed by atoms with Gasteiger partial charge in [-0.15, -0.1) is 0 Å². The van der Waals surface area contributed by atoms with Crippen LogP contribution >= 0.6 is 22.6 Å². The zero-order valence-electron chi connectivity index (χ0n) is 16.3. The molecule has 150 valence electrons. The minimum absolute atomic E-state index is 0.0938. The second-order valence-corrected chi connectivity index (χ2v) is 7.19. The molecule has 28 heavy (non-hydrogen) atoms.